The average Bonchev–Trinajstić information content (AvgIpc) is 2.66. The second-order valence-corrected chi connectivity index (χ2v) is 4.70. The van der Waals surface area contributed by atoms with Gasteiger partial charge in [0.15, 0.2) is 9.35 Å². The van der Waals surface area contributed by atoms with E-state index in [9.17, 15) is 8.78 Å². The monoisotopic (exact) mass is 244 g/mol. The molecule has 0 aliphatic carbocycles. The summed E-state index contributed by atoms with van der Waals surface area (Å²) in [4.78, 5) is 0. The Morgan fingerprint density at radius 3 is 2.40 bits per heavy atom. The fourth-order valence-corrected chi connectivity index (χ4v) is 2.41. The SMILES string of the molecule is CSc1nnc(-c2c(F)cccc2F)s1. The average molecular weight is 244 g/mol. The van der Waals surface area contributed by atoms with E-state index in [0.29, 0.717) is 4.34 Å². The van der Waals surface area contributed by atoms with Gasteiger partial charge in [-0.05, 0) is 18.4 Å². The molecule has 0 unspecified atom stereocenters. The fraction of sp³-hybridized carbons (Fsp3) is 0.111. The Kier molecular flexibility index (Phi) is 2.97. The standard InChI is InChI=1S/C9H6F2N2S2/c1-14-9-13-12-8(15-9)7-5(10)3-2-4-6(7)11/h2-4H,1H3. The van der Waals surface area contributed by atoms with Crippen molar-refractivity contribution in [3.63, 3.8) is 0 Å². The molecule has 0 saturated carbocycles. The van der Waals surface area contributed by atoms with E-state index in [4.69, 9.17) is 0 Å². The van der Waals surface area contributed by atoms with Crippen LogP contribution in [0, 0.1) is 11.6 Å². The predicted octanol–water partition coefficient (Wildman–Crippen LogP) is 3.21. The van der Waals surface area contributed by atoms with Crippen LogP contribution in [0.1, 0.15) is 0 Å². The summed E-state index contributed by atoms with van der Waals surface area (Å²) in [7, 11) is 0. The van der Waals surface area contributed by atoms with Gasteiger partial charge < -0.3 is 0 Å². The maximum atomic E-state index is 13.3. The molecule has 2 rings (SSSR count). The largest absolute Gasteiger partial charge is 0.206 e. The van der Waals surface area contributed by atoms with Crippen molar-refractivity contribution in [3.05, 3.63) is 29.8 Å². The van der Waals surface area contributed by atoms with E-state index in [2.05, 4.69) is 10.2 Å². The summed E-state index contributed by atoms with van der Waals surface area (Å²) < 4.78 is 27.4. The molecule has 0 amide bonds. The van der Waals surface area contributed by atoms with Gasteiger partial charge in [-0.15, -0.1) is 10.2 Å². The van der Waals surface area contributed by atoms with Crippen molar-refractivity contribution in [3.8, 4) is 10.6 Å². The Bertz CT molecular complexity index is 464. The molecule has 0 aliphatic rings. The lowest BCUT2D eigenvalue weighted by molar-refractivity contribution is 0.589. The van der Waals surface area contributed by atoms with Crippen LogP contribution in [0.3, 0.4) is 0 Å². The molecular weight excluding hydrogens is 238 g/mol. The van der Waals surface area contributed by atoms with Gasteiger partial charge in [-0.2, -0.15) is 0 Å². The minimum atomic E-state index is -0.612. The van der Waals surface area contributed by atoms with Crippen LogP contribution in [0.25, 0.3) is 10.6 Å². The topological polar surface area (TPSA) is 25.8 Å². The van der Waals surface area contributed by atoms with Gasteiger partial charge in [0.2, 0.25) is 0 Å². The Morgan fingerprint density at radius 1 is 1.20 bits per heavy atom. The molecule has 78 valence electrons. The van der Waals surface area contributed by atoms with E-state index in [1.54, 1.807) is 0 Å². The minimum Gasteiger partial charge on any atom is -0.206 e. The summed E-state index contributed by atoms with van der Waals surface area (Å²) in [5.74, 6) is -1.22. The first kappa shape index (κ1) is 10.5. The number of halogens is 2. The van der Waals surface area contributed by atoms with Gasteiger partial charge in [-0.3, -0.25) is 0 Å². The van der Waals surface area contributed by atoms with E-state index in [0.717, 1.165) is 0 Å². The third-order valence-corrected chi connectivity index (χ3v) is 3.67. The lowest BCUT2D eigenvalue weighted by Gasteiger charge is -1.98. The lowest BCUT2D eigenvalue weighted by atomic mass is 10.2. The van der Waals surface area contributed by atoms with Gasteiger partial charge in [-0.25, -0.2) is 8.78 Å². The normalized spacial score (nSPS) is 10.6. The fourth-order valence-electron chi connectivity index (χ4n) is 1.10. The zero-order valence-electron chi connectivity index (χ0n) is 7.70. The number of thioether (sulfide) groups is 1. The van der Waals surface area contributed by atoms with Crippen molar-refractivity contribution in [2.75, 3.05) is 6.26 Å². The smallest absolute Gasteiger partial charge is 0.174 e. The summed E-state index contributed by atoms with van der Waals surface area (Å²) in [6, 6.07) is 3.74. The molecule has 6 heteroatoms. The van der Waals surface area contributed by atoms with Crippen LogP contribution >= 0.6 is 23.1 Å². The van der Waals surface area contributed by atoms with Gasteiger partial charge >= 0.3 is 0 Å². The van der Waals surface area contributed by atoms with Crippen LogP contribution in [0.5, 0.6) is 0 Å². The third kappa shape index (κ3) is 2.00. The minimum absolute atomic E-state index is 0.102. The first-order valence-electron chi connectivity index (χ1n) is 4.04. The number of hydrogen-bond acceptors (Lipinski definition) is 4. The van der Waals surface area contributed by atoms with E-state index >= 15 is 0 Å². The molecule has 0 bridgehead atoms. The molecule has 15 heavy (non-hydrogen) atoms. The molecule has 0 N–H and O–H groups in total. The first-order valence-corrected chi connectivity index (χ1v) is 6.08. The molecule has 0 radical (unpaired) electrons. The molecule has 0 spiro atoms. The second-order valence-electron chi connectivity index (χ2n) is 2.67. The van der Waals surface area contributed by atoms with Crippen LogP contribution in [-0.2, 0) is 0 Å². The number of aromatic nitrogens is 2. The molecular formula is C9H6F2N2S2. The van der Waals surface area contributed by atoms with Gasteiger partial charge in [0.1, 0.15) is 11.6 Å². The number of benzene rings is 1. The van der Waals surface area contributed by atoms with E-state index in [-0.39, 0.29) is 10.6 Å². The second kappa shape index (κ2) is 4.24. The van der Waals surface area contributed by atoms with Crippen LogP contribution in [0.4, 0.5) is 8.78 Å². The van der Waals surface area contributed by atoms with Crippen molar-refractivity contribution in [1.82, 2.24) is 10.2 Å². The highest BCUT2D eigenvalue weighted by Gasteiger charge is 2.15. The van der Waals surface area contributed by atoms with Crippen molar-refractivity contribution < 1.29 is 8.78 Å². The summed E-state index contributed by atoms with van der Waals surface area (Å²) >= 11 is 2.57. The molecule has 0 saturated heterocycles. The Labute approximate surface area is 93.4 Å². The van der Waals surface area contributed by atoms with Crippen LogP contribution < -0.4 is 0 Å². The Hall–Kier alpha value is -1.01. The zero-order chi connectivity index (χ0) is 10.8. The predicted molar refractivity (Wildman–Crippen MR) is 57.0 cm³/mol. The zero-order valence-corrected chi connectivity index (χ0v) is 9.33. The van der Waals surface area contributed by atoms with Crippen molar-refractivity contribution in [2.24, 2.45) is 0 Å². The van der Waals surface area contributed by atoms with Crippen molar-refractivity contribution in [2.45, 2.75) is 4.34 Å². The maximum Gasteiger partial charge on any atom is 0.174 e. The highest BCUT2D eigenvalue weighted by molar-refractivity contribution is 8.00. The van der Waals surface area contributed by atoms with Gasteiger partial charge in [-0.1, -0.05) is 29.2 Å². The van der Waals surface area contributed by atoms with Gasteiger partial charge in [0.25, 0.3) is 0 Å². The first-order chi connectivity index (χ1) is 7.22. The molecule has 2 aromatic rings. The lowest BCUT2D eigenvalue weighted by Crippen LogP contribution is -1.88. The van der Waals surface area contributed by atoms with Crippen LogP contribution in [0.2, 0.25) is 0 Å². The summed E-state index contributed by atoms with van der Waals surface area (Å²) in [6.45, 7) is 0. The van der Waals surface area contributed by atoms with E-state index in [1.165, 1.54) is 41.3 Å². The molecule has 0 atom stereocenters. The third-order valence-electron chi connectivity index (χ3n) is 1.76. The molecule has 1 aromatic heterocycles. The number of nitrogens with zero attached hydrogens (tertiary/aromatic N) is 2. The van der Waals surface area contributed by atoms with Crippen LogP contribution in [0.15, 0.2) is 22.5 Å². The van der Waals surface area contributed by atoms with E-state index < -0.39 is 11.6 Å². The molecule has 2 nitrogen and oxygen atoms in total. The number of hydrogen-bond donors (Lipinski definition) is 0. The van der Waals surface area contributed by atoms with E-state index in [1.807, 2.05) is 6.26 Å². The molecule has 1 aromatic carbocycles. The maximum absolute atomic E-state index is 13.3. The number of rotatable bonds is 2. The Morgan fingerprint density at radius 2 is 1.87 bits per heavy atom. The summed E-state index contributed by atoms with van der Waals surface area (Å²) in [6.07, 6.45) is 1.84. The highest BCUT2D eigenvalue weighted by Crippen LogP contribution is 2.31. The van der Waals surface area contributed by atoms with Gasteiger partial charge in [0, 0.05) is 0 Å². The summed E-state index contributed by atoms with van der Waals surface area (Å²) in [5, 5.41) is 7.81. The highest BCUT2D eigenvalue weighted by atomic mass is 32.2. The van der Waals surface area contributed by atoms with Crippen molar-refractivity contribution >= 4 is 23.1 Å². The van der Waals surface area contributed by atoms with Gasteiger partial charge in [0.05, 0.1) is 5.56 Å². The van der Waals surface area contributed by atoms with Crippen LogP contribution in [-0.4, -0.2) is 16.5 Å². The Balaban J connectivity index is 2.53. The molecule has 0 aliphatic heterocycles. The quantitative estimate of drug-likeness (QED) is 0.759. The molecule has 0 fully saturated rings. The summed E-state index contributed by atoms with van der Waals surface area (Å²) in [5.41, 5.74) is -0.102. The van der Waals surface area contributed by atoms with Crippen molar-refractivity contribution in [1.29, 1.82) is 0 Å². The molecule has 1 heterocycles.